The predicted octanol–water partition coefficient (Wildman–Crippen LogP) is 3.85. The number of benzene rings is 2. The Kier molecular flexibility index (Phi) is 2.59. The summed E-state index contributed by atoms with van der Waals surface area (Å²) in [4.78, 5) is 2.43. The molecular formula is C21H18N2O. The van der Waals surface area contributed by atoms with Crippen LogP contribution in [0.2, 0.25) is 0 Å². The Morgan fingerprint density at radius 2 is 1.92 bits per heavy atom. The molecule has 0 aromatic heterocycles. The summed E-state index contributed by atoms with van der Waals surface area (Å²) >= 11 is 0. The van der Waals surface area contributed by atoms with Gasteiger partial charge in [0.2, 0.25) is 0 Å². The molecule has 0 bridgehead atoms. The van der Waals surface area contributed by atoms with Gasteiger partial charge in [0.15, 0.2) is 0 Å². The average Bonchev–Trinajstić information content (AvgIpc) is 3.22. The smallest absolute Gasteiger partial charge is 0.144 e. The highest BCUT2D eigenvalue weighted by Gasteiger charge is 2.68. The van der Waals surface area contributed by atoms with Gasteiger partial charge < -0.3 is 9.64 Å². The molecule has 2 aromatic carbocycles. The van der Waals surface area contributed by atoms with Crippen molar-refractivity contribution < 1.29 is 4.74 Å². The van der Waals surface area contributed by atoms with E-state index in [-0.39, 0.29) is 11.1 Å². The minimum atomic E-state index is -0.382. The SMILES string of the molecule is CN1c2ccccc2[C@]23OCC[C@]12CC=C3c1ccc(C#N)cc1. The van der Waals surface area contributed by atoms with Crippen molar-refractivity contribution in [3.05, 3.63) is 71.3 Å². The first kappa shape index (κ1) is 13.8. The summed E-state index contributed by atoms with van der Waals surface area (Å²) in [6.45, 7) is 0.784. The van der Waals surface area contributed by atoms with E-state index in [2.05, 4.69) is 60.5 Å². The summed E-state index contributed by atoms with van der Waals surface area (Å²) in [7, 11) is 2.20. The van der Waals surface area contributed by atoms with Gasteiger partial charge in [-0.1, -0.05) is 36.4 Å². The van der Waals surface area contributed by atoms with Gasteiger partial charge in [-0.3, -0.25) is 0 Å². The van der Waals surface area contributed by atoms with Gasteiger partial charge >= 0.3 is 0 Å². The summed E-state index contributed by atoms with van der Waals surface area (Å²) in [5, 5.41) is 9.06. The van der Waals surface area contributed by atoms with Crippen molar-refractivity contribution in [3.63, 3.8) is 0 Å². The third-order valence-electron chi connectivity index (χ3n) is 6.12. The van der Waals surface area contributed by atoms with Crippen molar-refractivity contribution >= 4 is 11.3 Å². The molecule has 0 spiro atoms. The first-order valence-electron chi connectivity index (χ1n) is 8.41. The molecule has 5 rings (SSSR count). The Hall–Kier alpha value is -2.57. The molecule has 3 nitrogen and oxygen atoms in total. The zero-order chi connectivity index (χ0) is 16.4. The lowest BCUT2D eigenvalue weighted by Crippen LogP contribution is -2.51. The molecule has 0 unspecified atom stereocenters. The number of nitrogens with zero attached hydrogens (tertiary/aromatic N) is 2. The van der Waals surface area contributed by atoms with Crippen molar-refractivity contribution in [2.45, 2.75) is 24.0 Å². The molecule has 2 heterocycles. The molecule has 0 saturated carbocycles. The Morgan fingerprint density at radius 1 is 1.12 bits per heavy atom. The van der Waals surface area contributed by atoms with Gasteiger partial charge in [-0.15, -0.1) is 0 Å². The molecule has 0 radical (unpaired) electrons. The van der Waals surface area contributed by atoms with Gasteiger partial charge in [0.05, 0.1) is 23.8 Å². The first-order chi connectivity index (χ1) is 11.7. The number of anilines is 1. The molecule has 118 valence electrons. The van der Waals surface area contributed by atoms with Gasteiger partial charge in [-0.05, 0) is 42.2 Å². The van der Waals surface area contributed by atoms with Crippen LogP contribution in [0.15, 0.2) is 54.6 Å². The second-order valence-electron chi connectivity index (χ2n) is 6.90. The van der Waals surface area contributed by atoms with Crippen molar-refractivity contribution in [1.82, 2.24) is 0 Å². The predicted molar refractivity (Wildman–Crippen MR) is 93.6 cm³/mol. The van der Waals surface area contributed by atoms with Crippen LogP contribution in [-0.2, 0) is 10.3 Å². The molecule has 1 saturated heterocycles. The monoisotopic (exact) mass is 314 g/mol. The maximum atomic E-state index is 9.06. The van der Waals surface area contributed by atoms with Crippen LogP contribution < -0.4 is 4.90 Å². The van der Waals surface area contributed by atoms with Crippen LogP contribution in [0.3, 0.4) is 0 Å². The summed E-state index contributed by atoms with van der Waals surface area (Å²) in [6.07, 6.45) is 4.37. The third kappa shape index (κ3) is 1.37. The van der Waals surface area contributed by atoms with E-state index in [1.807, 2.05) is 12.1 Å². The standard InChI is InChI=1S/C21H18N2O/c1-23-19-5-3-2-4-18(19)21-17(10-11-20(21,23)12-13-24-21)16-8-6-15(14-22)7-9-16/h2-10H,11-13H2,1H3/t20-,21-/m0/s1. The lowest BCUT2D eigenvalue weighted by molar-refractivity contribution is 0.0311. The molecule has 2 atom stereocenters. The summed E-state index contributed by atoms with van der Waals surface area (Å²) in [5.41, 5.74) is 5.25. The van der Waals surface area contributed by atoms with E-state index in [0.29, 0.717) is 5.56 Å². The lowest BCUT2D eigenvalue weighted by atomic mass is 9.75. The largest absolute Gasteiger partial charge is 0.365 e. The fourth-order valence-electron chi connectivity index (χ4n) is 5.03. The maximum Gasteiger partial charge on any atom is 0.144 e. The molecule has 1 fully saturated rings. The Bertz CT molecular complexity index is 908. The van der Waals surface area contributed by atoms with E-state index < -0.39 is 0 Å². The fourth-order valence-corrected chi connectivity index (χ4v) is 5.03. The molecule has 24 heavy (non-hydrogen) atoms. The third-order valence-corrected chi connectivity index (χ3v) is 6.12. The highest BCUT2D eigenvalue weighted by molar-refractivity contribution is 5.87. The van der Waals surface area contributed by atoms with Crippen LogP contribution >= 0.6 is 0 Å². The molecule has 2 aromatic rings. The Balaban J connectivity index is 1.73. The number of nitriles is 1. The zero-order valence-corrected chi connectivity index (χ0v) is 13.6. The minimum Gasteiger partial charge on any atom is -0.365 e. The van der Waals surface area contributed by atoms with Crippen LogP contribution in [0.4, 0.5) is 5.69 Å². The van der Waals surface area contributed by atoms with Gasteiger partial charge in [-0.2, -0.15) is 5.26 Å². The average molecular weight is 314 g/mol. The molecule has 1 aliphatic carbocycles. The Labute approximate surface area is 141 Å². The normalized spacial score (nSPS) is 29.7. The van der Waals surface area contributed by atoms with E-state index in [1.165, 1.54) is 16.8 Å². The summed E-state index contributed by atoms with van der Waals surface area (Å²) in [6, 6.07) is 18.7. The van der Waals surface area contributed by atoms with Crippen molar-refractivity contribution in [2.24, 2.45) is 0 Å². The molecular weight excluding hydrogens is 296 g/mol. The number of para-hydroxylation sites is 1. The van der Waals surface area contributed by atoms with Crippen molar-refractivity contribution in [1.29, 1.82) is 5.26 Å². The zero-order valence-electron chi connectivity index (χ0n) is 13.6. The van der Waals surface area contributed by atoms with E-state index in [9.17, 15) is 0 Å². The quantitative estimate of drug-likeness (QED) is 0.802. The van der Waals surface area contributed by atoms with Crippen LogP contribution in [0.1, 0.15) is 29.5 Å². The highest BCUT2D eigenvalue weighted by atomic mass is 16.5. The number of hydrogen-bond donors (Lipinski definition) is 0. The van der Waals surface area contributed by atoms with Crippen molar-refractivity contribution in [2.75, 3.05) is 18.6 Å². The van der Waals surface area contributed by atoms with Gasteiger partial charge in [0, 0.05) is 18.3 Å². The molecule has 2 aliphatic heterocycles. The molecule has 0 amide bonds. The molecule has 3 aliphatic rings. The van der Waals surface area contributed by atoms with Crippen LogP contribution in [0.5, 0.6) is 0 Å². The number of fused-ring (bicyclic) bond motifs is 1. The van der Waals surface area contributed by atoms with Gasteiger partial charge in [-0.25, -0.2) is 0 Å². The lowest BCUT2D eigenvalue weighted by Gasteiger charge is -2.40. The van der Waals surface area contributed by atoms with Crippen LogP contribution in [0.25, 0.3) is 5.57 Å². The van der Waals surface area contributed by atoms with Crippen molar-refractivity contribution in [3.8, 4) is 6.07 Å². The minimum absolute atomic E-state index is 0.0140. The van der Waals surface area contributed by atoms with Crippen LogP contribution in [0, 0.1) is 11.3 Å². The maximum absolute atomic E-state index is 9.06. The van der Waals surface area contributed by atoms with E-state index in [0.717, 1.165) is 25.0 Å². The fraction of sp³-hybridized carbons (Fsp3) is 0.286. The number of likely N-dealkylation sites (N-methyl/N-ethyl adjacent to an activating group) is 1. The highest BCUT2D eigenvalue weighted by Crippen LogP contribution is 2.66. The topological polar surface area (TPSA) is 36.3 Å². The Morgan fingerprint density at radius 3 is 2.71 bits per heavy atom. The summed E-state index contributed by atoms with van der Waals surface area (Å²) in [5.74, 6) is 0. The van der Waals surface area contributed by atoms with E-state index >= 15 is 0 Å². The number of ether oxygens (including phenoxy) is 1. The van der Waals surface area contributed by atoms with E-state index in [1.54, 1.807) is 0 Å². The second-order valence-corrected chi connectivity index (χ2v) is 6.90. The number of rotatable bonds is 1. The van der Waals surface area contributed by atoms with Gasteiger partial charge in [0.1, 0.15) is 5.60 Å². The first-order valence-corrected chi connectivity index (χ1v) is 8.41. The summed E-state index contributed by atoms with van der Waals surface area (Å²) < 4.78 is 6.52. The molecule has 0 N–H and O–H groups in total. The van der Waals surface area contributed by atoms with Gasteiger partial charge in [0.25, 0.3) is 0 Å². The second kappa shape index (κ2) is 4.49. The van der Waals surface area contributed by atoms with E-state index in [4.69, 9.17) is 10.00 Å². The van der Waals surface area contributed by atoms with Crippen LogP contribution in [-0.4, -0.2) is 19.2 Å². The molecule has 3 heteroatoms. The number of hydrogen-bond acceptors (Lipinski definition) is 3.